The average molecular weight is 256 g/mol. The number of hydrogen-bond acceptors (Lipinski definition) is 4. The van der Waals surface area contributed by atoms with Gasteiger partial charge in [0, 0.05) is 17.5 Å². The average Bonchev–Trinajstić information content (AvgIpc) is 2.75. The van der Waals surface area contributed by atoms with E-state index in [2.05, 4.69) is 16.7 Å². The van der Waals surface area contributed by atoms with E-state index in [0.29, 0.717) is 0 Å². The summed E-state index contributed by atoms with van der Waals surface area (Å²) in [6.45, 7) is 0.785. The number of thioether (sulfide) groups is 1. The van der Waals surface area contributed by atoms with Crippen molar-refractivity contribution in [3.63, 3.8) is 0 Å². The van der Waals surface area contributed by atoms with Gasteiger partial charge in [-0.1, -0.05) is 0 Å². The summed E-state index contributed by atoms with van der Waals surface area (Å²) in [6, 6.07) is 0. The van der Waals surface area contributed by atoms with Crippen molar-refractivity contribution in [1.29, 1.82) is 0 Å². The minimum atomic E-state index is 0.785. The molecule has 1 aromatic heterocycles. The molecule has 0 radical (unpaired) electrons. The molecule has 90 valence electrons. The number of aromatic nitrogens is 1. The van der Waals surface area contributed by atoms with Gasteiger partial charge in [-0.15, -0.1) is 11.3 Å². The van der Waals surface area contributed by atoms with Crippen LogP contribution < -0.4 is 5.73 Å². The van der Waals surface area contributed by atoms with Crippen LogP contribution in [0.15, 0.2) is 6.20 Å². The molecule has 0 atom stereocenters. The van der Waals surface area contributed by atoms with Crippen LogP contribution in [0.2, 0.25) is 0 Å². The van der Waals surface area contributed by atoms with Gasteiger partial charge in [0.2, 0.25) is 0 Å². The van der Waals surface area contributed by atoms with Crippen LogP contribution >= 0.6 is 23.1 Å². The second-order valence-electron chi connectivity index (χ2n) is 4.37. The minimum Gasteiger partial charge on any atom is -0.330 e. The monoisotopic (exact) mass is 256 g/mol. The largest absolute Gasteiger partial charge is 0.330 e. The van der Waals surface area contributed by atoms with Gasteiger partial charge in [0.05, 0.1) is 5.01 Å². The van der Waals surface area contributed by atoms with E-state index in [0.717, 1.165) is 25.3 Å². The summed E-state index contributed by atoms with van der Waals surface area (Å²) >= 11 is 3.99. The zero-order valence-electron chi connectivity index (χ0n) is 9.65. The summed E-state index contributed by atoms with van der Waals surface area (Å²) in [5, 5.41) is 1.34. The van der Waals surface area contributed by atoms with Gasteiger partial charge < -0.3 is 5.73 Å². The van der Waals surface area contributed by atoms with Crippen LogP contribution in [0, 0.1) is 5.92 Å². The Morgan fingerprint density at radius 2 is 2.19 bits per heavy atom. The molecule has 2 N–H and O–H groups in total. The van der Waals surface area contributed by atoms with Crippen LogP contribution in [0.3, 0.4) is 0 Å². The van der Waals surface area contributed by atoms with Gasteiger partial charge in [-0.3, -0.25) is 0 Å². The van der Waals surface area contributed by atoms with E-state index in [1.165, 1.54) is 40.7 Å². The van der Waals surface area contributed by atoms with Gasteiger partial charge >= 0.3 is 0 Å². The first-order chi connectivity index (χ1) is 7.88. The second kappa shape index (κ2) is 6.62. The number of nitrogens with zero attached hydrogens (tertiary/aromatic N) is 1. The third kappa shape index (κ3) is 3.75. The maximum absolute atomic E-state index is 5.51. The van der Waals surface area contributed by atoms with Crippen molar-refractivity contribution >= 4 is 23.1 Å². The van der Waals surface area contributed by atoms with E-state index in [1.807, 2.05) is 17.5 Å². The molecule has 1 aromatic rings. The maximum Gasteiger partial charge on any atom is 0.0930 e. The number of rotatable bonds is 5. The highest BCUT2D eigenvalue weighted by molar-refractivity contribution is 7.99. The number of nitrogens with two attached hydrogens (primary N) is 1. The van der Waals surface area contributed by atoms with Gasteiger partial charge in [0.25, 0.3) is 0 Å². The quantitative estimate of drug-likeness (QED) is 0.880. The van der Waals surface area contributed by atoms with E-state index in [9.17, 15) is 0 Å². The summed E-state index contributed by atoms with van der Waals surface area (Å²) in [7, 11) is 0. The molecule has 0 bridgehead atoms. The van der Waals surface area contributed by atoms with Crippen molar-refractivity contribution in [2.75, 3.05) is 18.1 Å². The first-order valence-corrected chi connectivity index (χ1v) is 8.07. The summed E-state index contributed by atoms with van der Waals surface area (Å²) in [4.78, 5) is 5.94. The van der Waals surface area contributed by atoms with Crippen molar-refractivity contribution in [1.82, 2.24) is 4.98 Å². The molecule has 0 spiro atoms. The van der Waals surface area contributed by atoms with Crippen LogP contribution in [-0.4, -0.2) is 23.0 Å². The van der Waals surface area contributed by atoms with Crippen LogP contribution in [0.5, 0.6) is 0 Å². The van der Waals surface area contributed by atoms with Crippen LogP contribution in [-0.2, 0) is 12.8 Å². The van der Waals surface area contributed by atoms with E-state index >= 15 is 0 Å². The predicted octanol–water partition coefficient (Wildman–Crippen LogP) is 2.72. The normalized spacial score (nSPS) is 17.8. The topological polar surface area (TPSA) is 38.9 Å². The van der Waals surface area contributed by atoms with E-state index in [-0.39, 0.29) is 0 Å². The van der Waals surface area contributed by atoms with E-state index in [1.54, 1.807) is 0 Å². The summed E-state index contributed by atoms with van der Waals surface area (Å²) in [5.41, 5.74) is 5.51. The first kappa shape index (κ1) is 12.4. The summed E-state index contributed by atoms with van der Waals surface area (Å²) in [5.74, 6) is 3.57. The molecule has 4 heteroatoms. The summed E-state index contributed by atoms with van der Waals surface area (Å²) < 4.78 is 0. The SMILES string of the molecule is NCCCc1cnc(CC2CCSCC2)s1. The zero-order valence-corrected chi connectivity index (χ0v) is 11.3. The molecular weight excluding hydrogens is 236 g/mol. The highest BCUT2D eigenvalue weighted by Gasteiger charge is 2.15. The molecule has 0 saturated carbocycles. The molecule has 2 heterocycles. The molecule has 0 aromatic carbocycles. The fourth-order valence-electron chi connectivity index (χ4n) is 2.03. The lowest BCUT2D eigenvalue weighted by Crippen LogP contribution is -2.11. The Morgan fingerprint density at radius 1 is 1.38 bits per heavy atom. The third-order valence-corrected chi connectivity index (χ3v) is 5.16. The van der Waals surface area contributed by atoms with Crippen molar-refractivity contribution < 1.29 is 0 Å². The molecule has 2 nitrogen and oxygen atoms in total. The van der Waals surface area contributed by atoms with Gasteiger partial charge in [-0.2, -0.15) is 11.8 Å². The second-order valence-corrected chi connectivity index (χ2v) is 6.80. The Balaban J connectivity index is 1.81. The standard InChI is InChI=1S/C12H20N2S2/c13-5-1-2-11-9-14-12(16-11)8-10-3-6-15-7-4-10/h9-10H,1-8,13H2. The maximum atomic E-state index is 5.51. The molecule has 1 aliphatic heterocycles. The van der Waals surface area contributed by atoms with Crippen molar-refractivity contribution in [2.45, 2.75) is 32.1 Å². The molecule has 1 fully saturated rings. The summed E-state index contributed by atoms with van der Waals surface area (Å²) in [6.07, 6.45) is 8.20. The predicted molar refractivity (Wildman–Crippen MR) is 73.2 cm³/mol. The van der Waals surface area contributed by atoms with Crippen LogP contribution in [0.1, 0.15) is 29.1 Å². The lowest BCUT2D eigenvalue weighted by Gasteiger charge is -2.19. The van der Waals surface area contributed by atoms with Crippen molar-refractivity contribution in [3.8, 4) is 0 Å². The Morgan fingerprint density at radius 3 is 2.94 bits per heavy atom. The van der Waals surface area contributed by atoms with Crippen LogP contribution in [0.4, 0.5) is 0 Å². The number of thiazole rings is 1. The van der Waals surface area contributed by atoms with Gasteiger partial charge in [0.15, 0.2) is 0 Å². The molecule has 0 aliphatic carbocycles. The lowest BCUT2D eigenvalue weighted by molar-refractivity contribution is 0.487. The van der Waals surface area contributed by atoms with Gasteiger partial charge in [-0.05, 0) is 49.7 Å². The molecule has 16 heavy (non-hydrogen) atoms. The van der Waals surface area contributed by atoms with Crippen LogP contribution in [0.25, 0.3) is 0 Å². The van der Waals surface area contributed by atoms with Crippen molar-refractivity contribution in [2.24, 2.45) is 11.7 Å². The zero-order chi connectivity index (χ0) is 11.2. The Bertz CT molecular complexity index is 306. The fourth-order valence-corrected chi connectivity index (χ4v) is 4.31. The lowest BCUT2D eigenvalue weighted by atomic mass is 9.99. The van der Waals surface area contributed by atoms with E-state index in [4.69, 9.17) is 5.73 Å². The highest BCUT2D eigenvalue weighted by atomic mass is 32.2. The highest BCUT2D eigenvalue weighted by Crippen LogP contribution is 2.27. The van der Waals surface area contributed by atoms with Crippen molar-refractivity contribution in [3.05, 3.63) is 16.1 Å². The van der Waals surface area contributed by atoms with Gasteiger partial charge in [0.1, 0.15) is 0 Å². The molecule has 1 saturated heterocycles. The minimum absolute atomic E-state index is 0.785. The number of aryl methyl sites for hydroxylation is 1. The molecule has 2 rings (SSSR count). The first-order valence-electron chi connectivity index (χ1n) is 6.10. The Labute approximate surface area is 106 Å². The Hall–Kier alpha value is -0.0600. The molecular formula is C12H20N2S2. The smallest absolute Gasteiger partial charge is 0.0930 e. The molecule has 1 aliphatic rings. The molecule has 0 amide bonds. The van der Waals surface area contributed by atoms with E-state index < -0.39 is 0 Å². The Kier molecular flexibility index (Phi) is 5.13. The fraction of sp³-hybridized carbons (Fsp3) is 0.750. The third-order valence-electron chi connectivity index (χ3n) is 3.03. The molecule has 0 unspecified atom stereocenters. The van der Waals surface area contributed by atoms with Gasteiger partial charge in [-0.25, -0.2) is 4.98 Å². The number of hydrogen-bond donors (Lipinski definition) is 1.